The number of aryl methyl sites for hydroxylation is 1. The zero-order chi connectivity index (χ0) is 16.5. The van der Waals surface area contributed by atoms with Crippen LogP contribution < -0.4 is 0 Å². The summed E-state index contributed by atoms with van der Waals surface area (Å²) < 4.78 is 63.8. The van der Waals surface area contributed by atoms with Crippen LogP contribution in [0, 0.1) is 6.92 Å². The monoisotopic (exact) mass is 376 g/mol. The molecule has 0 heterocycles. The van der Waals surface area contributed by atoms with Crippen molar-refractivity contribution in [3.05, 3.63) is 64.1 Å². The maximum absolute atomic E-state index is 12.6. The molecule has 22 heavy (non-hydrogen) atoms. The molecule has 0 saturated heterocycles. The molecule has 0 amide bonds. The third-order valence-electron chi connectivity index (χ3n) is 3.08. The van der Waals surface area contributed by atoms with Gasteiger partial charge >= 0.3 is 6.18 Å². The minimum atomic E-state index is -5.09. The van der Waals surface area contributed by atoms with Gasteiger partial charge in [-0.25, -0.2) is 0 Å². The summed E-state index contributed by atoms with van der Waals surface area (Å²) in [6.07, 6.45) is -7.83. The smallest absolute Gasteiger partial charge is 0.173 e. The van der Waals surface area contributed by atoms with E-state index in [-0.39, 0.29) is 0 Å². The van der Waals surface area contributed by atoms with Crippen molar-refractivity contribution in [1.82, 2.24) is 0 Å². The lowest BCUT2D eigenvalue weighted by Crippen LogP contribution is -2.11. The summed E-state index contributed by atoms with van der Waals surface area (Å²) in [6.45, 7) is 1.90. The Morgan fingerprint density at radius 2 is 1.55 bits per heavy atom. The Kier molecular flexibility index (Phi) is 4.70. The van der Waals surface area contributed by atoms with Crippen molar-refractivity contribution in [3.63, 3.8) is 0 Å². The lowest BCUT2D eigenvalue weighted by Gasteiger charge is -2.12. The minimum absolute atomic E-state index is 0.556. The van der Waals surface area contributed by atoms with Crippen molar-refractivity contribution in [2.75, 3.05) is 0 Å². The van der Waals surface area contributed by atoms with E-state index in [1.165, 1.54) is 12.1 Å². The molecule has 0 fully saturated rings. The van der Waals surface area contributed by atoms with E-state index in [1.54, 1.807) is 0 Å². The van der Waals surface area contributed by atoms with Gasteiger partial charge in [0, 0.05) is 4.47 Å². The highest BCUT2D eigenvalue weighted by Gasteiger charge is 2.38. The molecule has 0 bridgehead atoms. The Bertz CT molecular complexity index is 710. The topological polar surface area (TPSA) is 0 Å². The second kappa shape index (κ2) is 6.20. The van der Waals surface area contributed by atoms with E-state index in [9.17, 15) is 22.0 Å². The molecule has 0 N–H and O–H groups in total. The van der Waals surface area contributed by atoms with Gasteiger partial charge in [-0.3, -0.25) is 0 Å². The molecule has 2 rings (SSSR count). The summed E-state index contributed by atoms with van der Waals surface area (Å²) in [7, 11) is 0. The molecule has 0 aromatic heterocycles. The molecular formula is C16H10BrF5. The fourth-order valence-corrected chi connectivity index (χ4v) is 2.77. The van der Waals surface area contributed by atoms with Crippen molar-refractivity contribution in [3.8, 4) is 11.1 Å². The van der Waals surface area contributed by atoms with Gasteiger partial charge in [-0.15, -0.1) is 0 Å². The van der Waals surface area contributed by atoms with Crippen LogP contribution in [-0.4, -0.2) is 6.18 Å². The quantitative estimate of drug-likeness (QED) is 0.518. The van der Waals surface area contributed by atoms with E-state index in [2.05, 4.69) is 15.9 Å². The molecule has 0 unspecified atom stereocenters. The summed E-state index contributed by atoms with van der Waals surface area (Å²) in [4.78, 5) is 0. The van der Waals surface area contributed by atoms with Crippen LogP contribution in [0.15, 0.2) is 53.0 Å². The van der Waals surface area contributed by atoms with Crippen LogP contribution in [0.5, 0.6) is 0 Å². The van der Waals surface area contributed by atoms with E-state index in [4.69, 9.17) is 0 Å². The van der Waals surface area contributed by atoms with Crippen LogP contribution >= 0.6 is 15.9 Å². The third-order valence-corrected chi connectivity index (χ3v) is 3.74. The summed E-state index contributed by atoms with van der Waals surface area (Å²) in [6, 6.07) is 10.4. The SMILES string of the molecule is Cc1ccc(-c2ccc(C(=C(F)F)C(F)(F)F)cc2)c(Br)c1. The zero-order valence-corrected chi connectivity index (χ0v) is 12.9. The average Bonchev–Trinajstić information content (AvgIpc) is 2.38. The first-order chi connectivity index (χ1) is 10.2. The molecule has 0 atom stereocenters. The molecule has 0 aliphatic rings. The number of hydrogen-bond acceptors (Lipinski definition) is 0. The average molecular weight is 377 g/mol. The second-order valence-electron chi connectivity index (χ2n) is 4.69. The highest BCUT2D eigenvalue weighted by atomic mass is 79.9. The highest BCUT2D eigenvalue weighted by molar-refractivity contribution is 9.10. The molecule has 0 aliphatic carbocycles. The lowest BCUT2D eigenvalue weighted by molar-refractivity contribution is -0.0711. The van der Waals surface area contributed by atoms with Crippen LogP contribution in [0.3, 0.4) is 0 Å². The normalized spacial score (nSPS) is 11.4. The maximum atomic E-state index is 12.6. The largest absolute Gasteiger partial charge is 0.422 e. The summed E-state index contributed by atoms with van der Waals surface area (Å²) in [5, 5.41) is 0. The van der Waals surface area contributed by atoms with Gasteiger partial charge in [0.2, 0.25) is 0 Å². The van der Waals surface area contributed by atoms with Gasteiger partial charge in [0.15, 0.2) is 0 Å². The van der Waals surface area contributed by atoms with Crippen molar-refractivity contribution < 1.29 is 22.0 Å². The number of alkyl halides is 3. The predicted molar refractivity (Wildman–Crippen MR) is 79.5 cm³/mol. The first-order valence-corrected chi connectivity index (χ1v) is 6.99. The molecule has 2 aromatic rings. The zero-order valence-electron chi connectivity index (χ0n) is 11.3. The van der Waals surface area contributed by atoms with Gasteiger partial charge in [0.25, 0.3) is 6.08 Å². The van der Waals surface area contributed by atoms with Crippen molar-refractivity contribution >= 4 is 21.5 Å². The van der Waals surface area contributed by atoms with E-state index in [0.717, 1.165) is 27.7 Å². The first kappa shape index (κ1) is 16.7. The van der Waals surface area contributed by atoms with Crippen molar-refractivity contribution in [2.24, 2.45) is 0 Å². The van der Waals surface area contributed by atoms with Gasteiger partial charge in [-0.05, 0) is 35.2 Å². The van der Waals surface area contributed by atoms with E-state index in [0.29, 0.717) is 5.56 Å². The van der Waals surface area contributed by atoms with Crippen LogP contribution in [0.2, 0.25) is 0 Å². The maximum Gasteiger partial charge on any atom is 0.422 e. The standard InChI is InChI=1S/C16H10BrF5/c1-9-2-7-12(13(17)8-9)10-3-5-11(6-4-10)14(15(18)19)16(20,21)22/h2-8H,1H3. The minimum Gasteiger partial charge on any atom is -0.173 e. The molecule has 6 heteroatoms. The summed E-state index contributed by atoms with van der Waals surface area (Å²) >= 11 is 3.38. The number of rotatable bonds is 2. The molecule has 0 nitrogen and oxygen atoms in total. The van der Waals surface area contributed by atoms with E-state index in [1.807, 2.05) is 25.1 Å². The lowest BCUT2D eigenvalue weighted by atomic mass is 10.00. The fraction of sp³-hybridized carbons (Fsp3) is 0.125. The molecule has 0 spiro atoms. The van der Waals surface area contributed by atoms with Crippen LogP contribution in [-0.2, 0) is 0 Å². The number of hydrogen-bond donors (Lipinski definition) is 0. The molecular weight excluding hydrogens is 367 g/mol. The summed E-state index contributed by atoms with van der Waals surface area (Å²) in [5.41, 5.74) is -0.0256. The number of allylic oxidation sites excluding steroid dienone is 1. The Hall–Kier alpha value is -1.69. The van der Waals surface area contributed by atoms with Crippen molar-refractivity contribution in [1.29, 1.82) is 0 Å². The van der Waals surface area contributed by atoms with Gasteiger partial charge in [-0.1, -0.05) is 52.3 Å². The molecule has 0 saturated carbocycles. The van der Waals surface area contributed by atoms with Gasteiger partial charge in [-0.2, -0.15) is 22.0 Å². The van der Waals surface area contributed by atoms with Crippen LogP contribution in [0.1, 0.15) is 11.1 Å². The van der Waals surface area contributed by atoms with Crippen LogP contribution in [0.25, 0.3) is 16.7 Å². The van der Waals surface area contributed by atoms with E-state index >= 15 is 0 Å². The summed E-state index contributed by atoms with van der Waals surface area (Å²) in [5.74, 6) is 0. The Morgan fingerprint density at radius 1 is 0.955 bits per heavy atom. The molecule has 0 radical (unpaired) electrons. The molecule has 0 aliphatic heterocycles. The van der Waals surface area contributed by atoms with E-state index < -0.39 is 23.4 Å². The molecule has 116 valence electrons. The Morgan fingerprint density at radius 3 is 2.00 bits per heavy atom. The van der Waals surface area contributed by atoms with Crippen LogP contribution in [0.4, 0.5) is 22.0 Å². The number of benzene rings is 2. The second-order valence-corrected chi connectivity index (χ2v) is 5.55. The van der Waals surface area contributed by atoms with Crippen molar-refractivity contribution in [2.45, 2.75) is 13.1 Å². The van der Waals surface area contributed by atoms with Gasteiger partial charge in [0.05, 0.1) is 0 Å². The Labute approximate surface area is 132 Å². The highest BCUT2D eigenvalue weighted by Crippen LogP contribution is 2.38. The van der Waals surface area contributed by atoms with Gasteiger partial charge < -0.3 is 0 Å². The first-order valence-electron chi connectivity index (χ1n) is 6.19. The van der Waals surface area contributed by atoms with Gasteiger partial charge in [0.1, 0.15) is 5.57 Å². The predicted octanol–water partition coefficient (Wildman–Crippen LogP) is 6.59. The third kappa shape index (κ3) is 3.55. The molecule has 2 aromatic carbocycles. The fourth-order valence-electron chi connectivity index (χ4n) is 2.05. The number of halogens is 6. The Balaban J connectivity index is 2.45.